The van der Waals surface area contributed by atoms with Crippen molar-refractivity contribution in [3.05, 3.63) is 109 Å². The van der Waals surface area contributed by atoms with Crippen LogP contribution in [0.1, 0.15) is 219 Å². The van der Waals surface area contributed by atoms with Gasteiger partial charge in [-0.3, -0.25) is 9.36 Å². The number of hydrogen-bond acceptors (Lipinski definition) is 7. The molecule has 0 fully saturated rings. The molecular formula is C62H108NO7P. The van der Waals surface area contributed by atoms with Gasteiger partial charge in [0.2, 0.25) is 0 Å². The van der Waals surface area contributed by atoms with Crippen molar-refractivity contribution in [3.8, 4) is 0 Å². The second kappa shape index (κ2) is 53.5. The molecular weight excluding hydrogens is 902 g/mol. The van der Waals surface area contributed by atoms with E-state index in [2.05, 4.69) is 123 Å². The van der Waals surface area contributed by atoms with E-state index in [9.17, 15) is 14.3 Å². The first-order valence-corrected chi connectivity index (χ1v) is 30.1. The fourth-order valence-electron chi connectivity index (χ4n) is 7.44. The highest BCUT2D eigenvalue weighted by Crippen LogP contribution is 2.38. The molecule has 2 atom stereocenters. The van der Waals surface area contributed by atoms with Gasteiger partial charge in [-0.2, -0.15) is 0 Å². The molecule has 0 aliphatic carbocycles. The average Bonchev–Trinajstić information content (AvgIpc) is 3.33. The van der Waals surface area contributed by atoms with Crippen molar-refractivity contribution >= 4 is 13.8 Å². The van der Waals surface area contributed by atoms with E-state index >= 15 is 0 Å². The minimum Gasteiger partial charge on any atom is -0.756 e. The van der Waals surface area contributed by atoms with Crippen LogP contribution in [0.4, 0.5) is 0 Å². The Labute approximate surface area is 438 Å². The van der Waals surface area contributed by atoms with E-state index < -0.39 is 13.9 Å². The Balaban J connectivity index is 4.17. The normalized spacial score (nSPS) is 14.3. The maximum absolute atomic E-state index is 12.8. The summed E-state index contributed by atoms with van der Waals surface area (Å²) in [7, 11) is 1.33. The van der Waals surface area contributed by atoms with Gasteiger partial charge in [0.15, 0.2) is 0 Å². The van der Waals surface area contributed by atoms with Crippen molar-refractivity contribution < 1.29 is 37.3 Å². The van der Waals surface area contributed by atoms with E-state index in [-0.39, 0.29) is 25.8 Å². The van der Waals surface area contributed by atoms with E-state index in [1.165, 1.54) is 96.3 Å². The lowest BCUT2D eigenvalue weighted by molar-refractivity contribution is -0.870. The zero-order valence-electron chi connectivity index (χ0n) is 46.4. The van der Waals surface area contributed by atoms with E-state index in [0.717, 1.165) is 103 Å². The van der Waals surface area contributed by atoms with Crippen LogP contribution in [-0.2, 0) is 27.9 Å². The molecule has 408 valence electrons. The lowest BCUT2D eigenvalue weighted by Crippen LogP contribution is -2.37. The second-order valence-corrected chi connectivity index (χ2v) is 21.3. The SMILES string of the molecule is CC/C=C\C/C=C\C/C=C\C/C=C\C/C=C\C/C=C\CCCCCCCCCOCC(COP(=O)([O-])OCC[N+](C)(C)C)OC(=O)CCCCCCCCCC/C=C\C/C=C\C/C=C\CCCCCCC. The lowest BCUT2D eigenvalue weighted by Gasteiger charge is -2.28. The van der Waals surface area contributed by atoms with Crippen LogP contribution >= 0.6 is 7.82 Å². The fourth-order valence-corrected chi connectivity index (χ4v) is 8.17. The molecule has 0 spiro atoms. The van der Waals surface area contributed by atoms with Crippen molar-refractivity contribution in [2.24, 2.45) is 0 Å². The Morgan fingerprint density at radius 1 is 0.451 bits per heavy atom. The molecule has 2 unspecified atom stereocenters. The molecule has 0 radical (unpaired) electrons. The number of unbranched alkanes of at least 4 members (excludes halogenated alkanes) is 20. The van der Waals surface area contributed by atoms with Gasteiger partial charge in [0.25, 0.3) is 7.82 Å². The molecule has 9 heteroatoms. The minimum atomic E-state index is -4.55. The van der Waals surface area contributed by atoms with Gasteiger partial charge >= 0.3 is 5.97 Å². The number of rotatable bonds is 52. The summed E-state index contributed by atoms with van der Waals surface area (Å²) < 4.78 is 34.8. The van der Waals surface area contributed by atoms with Gasteiger partial charge in [-0.1, -0.05) is 220 Å². The Morgan fingerprint density at radius 3 is 1.23 bits per heavy atom. The van der Waals surface area contributed by atoms with Gasteiger partial charge in [-0.05, 0) is 103 Å². The minimum absolute atomic E-state index is 0.0159. The number of phosphoric acid groups is 1. The number of allylic oxidation sites excluding steroid dienone is 18. The number of carbonyl (C=O) groups excluding carboxylic acids is 1. The molecule has 71 heavy (non-hydrogen) atoms. The van der Waals surface area contributed by atoms with Crippen molar-refractivity contribution in [3.63, 3.8) is 0 Å². The monoisotopic (exact) mass is 1010 g/mol. The molecule has 0 saturated carbocycles. The largest absolute Gasteiger partial charge is 0.756 e. The number of quaternary nitrogens is 1. The predicted octanol–water partition coefficient (Wildman–Crippen LogP) is 17.7. The third-order valence-electron chi connectivity index (χ3n) is 11.8. The molecule has 0 aliphatic rings. The maximum atomic E-state index is 12.8. The molecule has 0 amide bonds. The molecule has 0 rings (SSSR count). The van der Waals surface area contributed by atoms with Crippen LogP contribution in [0, 0.1) is 0 Å². The quantitative estimate of drug-likeness (QED) is 0.0197. The van der Waals surface area contributed by atoms with Crippen LogP contribution in [0.5, 0.6) is 0 Å². The smallest absolute Gasteiger partial charge is 0.306 e. The van der Waals surface area contributed by atoms with Gasteiger partial charge in [0, 0.05) is 13.0 Å². The van der Waals surface area contributed by atoms with Crippen molar-refractivity contribution in [2.45, 2.75) is 225 Å². The van der Waals surface area contributed by atoms with Crippen LogP contribution < -0.4 is 4.89 Å². The molecule has 0 aliphatic heterocycles. The highest BCUT2D eigenvalue weighted by molar-refractivity contribution is 7.45. The second-order valence-electron chi connectivity index (χ2n) is 19.9. The number of hydrogen-bond donors (Lipinski definition) is 0. The van der Waals surface area contributed by atoms with Crippen LogP contribution in [0.3, 0.4) is 0 Å². The first-order valence-electron chi connectivity index (χ1n) is 28.6. The molecule has 0 heterocycles. The highest BCUT2D eigenvalue weighted by Gasteiger charge is 2.20. The standard InChI is InChI=1S/C62H108NO7P/c1-6-8-10-12-14-16-18-20-22-24-26-28-30-31-32-34-36-38-40-42-44-46-48-50-52-54-57-67-59-61(60-69-71(65,66)68-58-56-63(3,4)5)70-62(64)55-53-51-49-47-45-43-41-39-37-35-33-29-27-25-23-21-19-17-15-13-11-9-7-2/h8,10,14,16,19-22,25-28,31-33,35-36,38,61H,6-7,9,11-13,15,17-18,23-24,29-30,34,37,39-60H2,1-5H3/b10-8-,16-14-,21-19-,22-20-,27-25-,28-26-,32-31-,35-33-,38-36-. The Bertz CT molecular complexity index is 1500. The summed E-state index contributed by atoms with van der Waals surface area (Å²) in [6, 6.07) is 0. The number of esters is 1. The van der Waals surface area contributed by atoms with Crippen LogP contribution in [-0.4, -0.2) is 70.7 Å². The third-order valence-corrected chi connectivity index (χ3v) is 12.8. The van der Waals surface area contributed by atoms with Crippen molar-refractivity contribution in [1.29, 1.82) is 0 Å². The van der Waals surface area contributed by atoms with E-state index in [0.29, 0.717) is 24.1 Å². The molecule has 0 N–H and O–H groups in total. The van der Waals surface area contributed by atoms with E-state index in [1.807, 2.05) is 21.1 Å². The first kappa shape index (κ1) is 68.2. The third kappa shape index (κ3) is 57.9. The van der Waals surface area contributed by atoms with Crippen LogP contribution in [0.15, 0.2) is 109 Å². The van der Waals surface area contributed by atoms with Gasteiger partial charge in [0.05, 0.1) is 34.4 Å². The molecule has 0 bridgehead atoms. The Morgan fingerprint density at radius 2 is 0.817 bits per heavy atom. The van der Waals surface area contributed by atoms with Crippen molar-refractivity contribution in [2.75, 3.05) is 54.1 Å². The average molecular weight is 1010 g/mol. The number of likely N-dealkylation sites (N-methyl/N-ethyl adjacent to an activating group) is 1. The Hall–Kier alpha value is -2.84. The fraction of sp³-hybridized carbons (Fsp3) is 0.694. The number of phosphoric ester groups is 1. The van der Waals surface area contributed by atoms with Crippen molar-refractivity contribution in [1.82, 2.24) is 0 Å². The highest BCUT2D eigenvalue weighted by atomic mass is 31.2. The maximum Gasteiger partial charge on any atom is 0.306 e. The zero-order valence-corrected chi connectivity index (χ0v) is 47.3. The molecule has 0 saturated heterocycles. The summed E-state index contributed by atoms with van der Waals surface area (Å²) in [5.74, 6) is -0.349. The molecule has 8 nitrogen and oxygen atoms in total. The predicted molar refractivity (Wildman–Crippen MR) is 304 cm³/mol. The molecule has 0 aromatic carbocycles. The molecule has 0 aromatic rings. The topological polar surface area (TPSA) is 94.1 Å². The van der Waals surface area contributed by atoms with Gasteiger partial charge in [0.1, 0.15) is 19.3 Å². The van der Waals surface area contributed by atoms with Gasteiger partial charge in [-0.25, -0.2) is 0 Å². The summed E-state index contributed by atoms with van der Waals surface area (Å²) in [6.07, 6.45) is 75.5. The van der Waals surface area contributed by atoms with Gasteiger partial charge in [-0.15, -0.1) is 0 Å². The van der Waals surface area contributed by atoms with E-state index in [1.54, 1.807) is 0 Å². The summed E-state index contributed by atoms with van der Waals surface area (Å²) in [4.78, 5) is 25.3. The summed E-state index contributed by atoms with van der Waals surface area (Å²) in [5, 5.41) is 0. The zero-order chi connectivity index (χ0) is 51.9. The first-order chi connectivity index (χ1) is 34.6. The summed E-state index contributed by atoms with van der Waals surface area (Å²) in [6.45, 7) is 5.24. The van der Waals surface area contributed by atoms with Crippen LogP contribution in [0.2, 0.25) is 0 Å². The van der Waals surface area contributed by atoms with Crippen LogP contribution in [0.25, 0.3) is 0 Å². The number of nitrogens with zero attached hydrogens (tertiary/aromatic N) is 1. The number of carbonyl (C=O) groups is 1. The lowest BCUT2D eigenvalue weighted by atomic mass is 10.1. The number of ether oxygens (including phenoxy) is 2. The summed E-state index contributed by atoms with van der Waals surface area (Å²) in [5.41, 5.74) is 0. The van der Waals surface area contributed by atoms with E-state index in [4.69, 9.17) is 18.5 Å². The van der Waals surface area contributed by atoms with Gasteiger partial charge < -0.3 is 27.9 Å². The summed E-state index contributed by atoms with van der Waals surface area (Å²) >= 11 is 0. The Kier molecular flexibility index (Phi) is 51.3. The molecule has 0 aromatic heterocycles.